The highest BCUT2D eigenvalue weighted by molar-refractivity contribution is 7.91. The minimum Gasteiger partial charge on any atom is -0.350 e. The Kier molecular flexibility index (Phi) is 5.94. The van der Waals surface area contributed by atoms with E-state index in [-0.39, 0.29) is 29.0 Å². The zero-order valence-electron chi connectivity index (χ0n) is 14.2. The molecule has 6 heteroatoms. The second-order valence-corrected chi connectivity index (χ2v) is 8.01. The summed E-state index contributed by atoms with van der Waals surface area (Å²) in [5.41, 5.74) is 2.38. The zero-order chi connectivity index (χ0) is 18.4. The summed E-state index contributed by atoms with van der Waals surface area (Å²) < 4.78 is 24.5. The van der Waals surface area contributed by atoms with Gasteiger partial charge in [0.2, 0.25) is 5.91 Å². The van der Waals surface area contributed by atoms with Gasteiger partial charge in [0.25, 0.3) is 0 Å². The molecule has 0 aliphatic heterocycles. The minimum absolute atomic E-state index is 0.100. The first-order valence-corrected chi connectivity index (χ1v) is 9.56. The summed E-state index contributed by atoms with van der Waals surface area (Å²) in [6.07, 6.45) is -0.100. The first-order valence-electron chi connectivity index (χ1n) is 7.90. The van der Waals surface area contributed by atoms with Gasteiger partial charge >= 0.3 is 0 Å². The third-order valence-electron chi connectivity index (χ3n) is 3.90. The van der Waals surface area contributed by atoms with Gasteiger partial charge in [-0.2, -0.15) is 5.26 Å². The van der Waals surface area contributed by atoms with Gasteiger partial charge in [0, 0.05) is 6.42 Å². The molecule has 25 heavy (non-hydrogen) atoms. The standard InChI is InChI=1S/C19H20N2O3S/c1-14-3-9-18(10-4-14)25(23,24)12-11-19(22)21-15(2)17-7-5-16(13-20)6-8-17/h3-10,15H,11-12H2,1-2H3,(H,21,22). The summed E-state index contributed by atoms with van der Waals surface area (Å²) in [4.78, 5) is 12.3. The molecular formula is C19H20N2O3S. The van der Waals surface area contributed by atoms with Crippen molar-refractivity contribution in [2.24, 2.45) is 0 Å². The molecule has 0 bridgehead atoms. The number of aryl methyl sites for hydroxylation is 1. The lowest BCUT2D eigenvalue weighted by Gasteiger charge is -2.14. The Balaban J connectivity index is 1.93. The van der Waals surface area contributed by atoms with E-state index in [0.717, 1.165) is 11.1 Å². The van der Waals surface area contributed by atoms with E-state index < -0.39 is 9.84 Å². The average molecular weight is 356 g/mol. The number of nitrogens with zero attached hydrogens (tertiary/aromatic N) is 1. The van der Waals surface area contributed by atoms with Crippen molar-refractivity contribution in [3.05, 3.63) is 65.2 Å². The van der Waals surface area contributed by atoms with Gasteiger partial charge in [-0.1, -0.05) is 29.8 Å². The summed E-state index contributed by atoms with van der Waals surface area (Å²) in [5, 5.41) is 11.6. The molecule has 2 rings (SSSR count). The molecule has 0 heterocycles. The van der Waals surface area contributed by atoms with Crippen LogP contribution in [0.25, 0.3) is 0 Å². The zero-order valence-corrected chi connectivity index (χ0v) is 15.0. The van der Waals surface area contributed by atoms with Crippen LogP contribution in [0.1, 0.15) is 36.1 Å². The lowest BCUT2D eigenvalue weighted by molar-refractivity contribution is -0.121. The normalized spacial score (nSPS) is 12.2. The molecule has 0 radical (unpaired) electrons. The topological polar surface area (TPSA) is 87.0 Å². The summed E-state index contributed by atoms with van der Waals surface area (Å²) in [6, 6.07) is 15.3. The number of nitriles is 1. The van der Waals surface area contributed by atoms with Gasteiger partial charge in [0.1, 0.15) is 0 Å². The van der Waals surface area contributed by atoms with Crippen molar-refractivity contribution in [1.29, 1.82) is 5.26 Å². The van der Waals surface area contributed by atoms with Gasteiger partial charge in [-0.05, 0) is 43.7 Å². The SMILES string of the molecule is Cc1ccc(S(=O)(=O)CCC(=O)NC(C)c2ccc(C#N)cc2)cc1. The van der Waals surface area contributed by atoms with E-state index in [2.05, 4.69) is 5.32 Å². The molecular weight excluding hydrogens is 336 g/mol. The van der Waals surface area contributed by atoms with Crippen molar-refractivity contribution in [3.63, 3.8) is 0 Å². The smallest absolute Gasteiger partial charge is 0.221 e. The summed E-state index contributed by atoms with van der Waals surface area (Å²) in [7, 11) is -3.48. The van der Waals surface area contributed by atoms with Gasteiger partial charge < -0.3 is 5.32 Å². The van der Waals surface area contributed by atoms with Crippen LogP contribution in [0.15, 0.2) is 53.4 Å². The van der Waals surface area contributed by atoms with E-state index in [4.69, 9.17) is 5.26 Å². The van der Waals surface area contributed by atoms with Crippen molar-refractivity contribution >= 4 is 15.7 Å². The Labute approximate surface area is 148 Å². The number of hydrogen-bond donors (Lipinski definition) is 1. The lowest BCUT2D eigenvalue weighted by atomic mass is 10.1. The molecule has 2 aromatic carbocycles. The van der Waals surface area contributed by atoms with E-state index >= 15 is 0 Å². The second-order valence-electron chi connectivity index (χ2n) is 5.90. The van der Waals surface area contributed by atoms with Gasteiger partial charge in [0.15, 0.2) is 9.84 Å². The molecule has 1 unspecified atom stereocenters. The first-order chi connectivity index (χ1) is 11.8. The van der Waals surface area contributed by atoms with E-state index in [9.17, 15) is 13.2 Å². The lowest BCUT2D eigenvalue weighted by Crippen LogP contribution is -2.28. The van der Waals surface area contributed by atoms with Crippen molar-refractivity contribution in [2.45, 2.75) is 31.2 Å². The van der Waals surface area contributed by atoms with Crippen molar-refractivity contribution < 1.29 is 13.2 Å². The average Bonchev–Trinajstić information content (AvgIpc) is 2.60. The molecule has 1 amide bonds. The highest BCUT2D eigenvalue weighted by Crippen LogP contribution is 2.15. The first kappa shape index (κ1) is 18.7. The second kappa shape index (κ2) is 7.95. The van der Waals surface area contributed by atoms with Gasteiger partial charge in [-0.3, -0.25) is 4.79 Å². The maximum Gasteiger partial charge on any atom is 0.221 e. The number of amides is 1. The molecule has 1 N–H and O–H groups in total. The summed E-state index contributed by atoms with van der Waals surface area (Å²) >= 11 is 0. The molecule has 2 aromatic rings. The number of nitrogens with one attached hydrogen (secondary N) is 1. The van der Waals surface area contributed by atoms with Gasteiger partial charge in [0.05, 0.1) is 28.3 Å². The van der Waals surface area contributed by atoms with Crippen LogP contribution in [-0.4, -0.2) is 20.1 Å². The molecule has 0 saturated heterocycles. The third-order valence-corrected chi connectivity index (χ3v) is 5.63. The van der Waals surface area contributed by atoms with E-state index in [1.54, 1.807) is 48.5 Å². The van der Waals surface area contributed by atoms with Crippen LogP contribution < -0.4 is 5.32 Å². The molecule has 0 aliphatic carbocycles. The predicted molar refractivity (Wildman–Crippen MR) is 95.6 cm³/mol. The van der Waals surface area contributed by atoms with Crippen molar-refractivity contribution in [2.75, 3.05) is 5.75 Å². The maximum absolute atomic E-state index is 12.3. The number of sulfone groups is 1. The van der Waals surface area contributed by atoms with Gasteiger partial charge in [-0.25, -0.2) is 8.42 Å². The summed E-state index contributed by atoms with van der Waals surface area (Å²) in [6.45, 7) is 3.70. The molecule has 0 saturated carbocycles. The highest BCUT2D eigenvalue weighted by atomic mass is 32.2. The van der Waals surface area contributed by atoms with E-state index in [1.807, 2.05) is 19.9 Å². The Hall–Kier alpha value is -2.65. The molecule has 0 spiro atoms. The third kappa shape index (κ3) is 5.16. The monoisotopic (exact) mass is 356 g/mol. The van der Waals surface area contributed by atoms with Crippen LogP contribution in [0.5, 0.6) is 0 Å². The number of hydrogen-bond acceptors (Lipinski definition) is 4. The fourth-order valence-electron chi connectivity index (χ4n) is 2.33. The van der Waals surface area contributed by atoms with Crippen LogP contribution in [0.3, 0.4) is 0 Å². The summed E-state index contributed by atoms with van der Waals surface area (Å²) in [5.74, 6) is -0.560. The highest BCUT2D eigenvalue weighted by Gasteiger charge is 2.17. The molecule has 5 nitrogen and oxygen atoms in total. The molecule has 0 aliphatic rings. The Bertz CT molecular complexity index is 880. The number of rotatable bonds is 6. The molecule has 0 aromatic heterocycles. The van der Waals surface area contributed by atoms with Crippen LogP contribution in [0.2, 0.25) is 0 Å². The van der Waals surface area contributed by atoms with Crippen LogP contribution in [0, 0.1) is 18.3 Å². The van der Waals surface area contributed by atoms with Crippen LogP contribution >= 0.6 is 0 Å². The van der Waals surface area contributed by atoms with Gasteiger partial charge in [-0.15, -0.1) is 0 Å². The Morgan fingerprint density at radius 2 is 1.72 bits per heavy atom. The molecule has 1 atom stereocenters. The minimum atomic E-state index is -3.48. The predicted octanol–water partition coefficient (Wildman–Crippen LogP) is 2.91. The molecule has 0 fully saturated rings. The van der Waals surface area contributed by atoms with E-state index in [0.29, 0.717) is 5.56 Å². The quantitative estimate of drug-likeness (QED) is 0.862. The Morgan fingerprint density at radius 3 is 2.28 bits per heavy atom. The molecule has 130 valence electrons. The number of benzene rings is 2. The maximum atomic E-state index is 12.3. The number of carbonyl (C=O) groups excluding carboxylic acids is 1. The fourth-order valence-corrected chi connectivity index (χ4v) is 3.57. The van der Waals surface area contributed by atoms with Crippen molar-refractivity contribution in [1.82, 2.24) is 5.32 Å². The van der Waals surface area contributed by atoms with E-state index in [1.165, 1.54) is 0 Å². The number of carbonyl (C=O) groups is 1. The largest absolute Gasteiger partial charge is 0.350 e. The van der Waals surface area contributed by atoms with Crippen LogP contribution in [0.4, 0.5) is 0 Å². The fraction of sp³-hybridized carbons (Fsp3) is 0.263. The van der Waals surface area contributed by atoms with Crippen LogP contribution in [-0.2, 0) is 14.6 Å². The Morgan fingerprint density at radius 1 is 1.12 bits per heavy atom. The van der Waals surface area contributed by atoms with Crippen molar-refractivity contribution in [3.8, 4) is 6.07 Å².